The number of anilines is 1. The number of fused-ring (bicyclic) bond motifs is 1. The molecule has 2 heterocycles. The van der Waals surface area contributed by atoms with Gasteiger partial charge in [0.1, 0.15) is 11.7 Å². The van der Waals surface area contributed by atoms with Crippen molar-refractivity contribution in [2.45, 2.75) is 13.0 Å². The minimum absolute atomic E-state index is 0.110. The van der Waals surface area contributed by atoms with Crippen molar-refractivity contribution in [2.75, 3.05) is 11.5 Å². The van der Waals surface area contributed by atoms with Crippen LogP contribution in [0.1, 0.15) is 6.92 Å². The number of hydrogen-bond acceptors (Lipinski definition) is 6. The number of halogens is 1. The molecule has 0 unspecified atom stereocenters. The van der Waals surface area contributed by atoms with Crippen LogP contribution in [0.5, 0.6) is 0 Å². The van der Waals surface area contributed by atoms with Crippen LogP contribution in [0.2, 0.25) is 0 Å². The van der Waals surface area contributed by atoms with Gasteiger partial charge in [-0.3, -0.25) is 9.59 Å². The second kappa shape index (κ2) is 5.21. The minimum atomic E-state index is -1.18. The number of rotatable bonds is 3. The largest absolute Gasteiger partial charge is 0.461 e. The van der Waals surface area contributed by atoms with Gasteiger partial charge < -0.3 is 9.57 Å². The summed E-state index contributed by atoms with van der Waals surface area (Å²) in [7, 11) is 0. The third-order valence-electron chi connectivity index (χ3n) is 3.38. The third-order valence-corrected chi connectivity index (χ3v) is 3.38. The Hall–Kier alpha value is -2.77. The van der Waals surface area contributed by atoms with Crippen molar-refractivity contribution in [3.63, 3.8) is 0 Å². The SMILES string of the molecule is CCOC(=O)C1=NO[C@@H]2C(=O)N(c3ccc(F)cc3)C(=O)[C@@H]12. The van der Waals surface area contributed by atoms with E-state index in [4.69, 9.17) is 9.57 Å². The molecule has 2 amide bonds. The molecule has 114 valence electrons. The fourth-order valence-electron chi connectivity index (χ4n) is 2.40. The second-order valence-corrected chi connectivity index (χ2v) is 4.69. The van der Waals surface area contributed by atoms with Crippen molar-refractivity contribution in [3.05, 3.63) is 30.1 Å². The third kappa shape index (κ3) is 2.03. The number of benzene rings is 1. The van der Waals surface area contributed by atoms with Gasteiger partial charge in [-0.05, 0) is 31.2 Å². The zero-order chi connectivity index (χ0) is 15.9. The van der Waals surface area contributed by atoms with Crippen molar-refractivity contribution in [2.24, 2.45) is 11.1 Å². The van der Waals surface area contributed by atoms with Crippen LogP contribution in [-0.4, -0.2) is 36.2 Å². The summed E-state index contributed by atoms with van der Waals surface area (Å²) in [6.07, 6.45) is -1.18. The molecule has 0 N–H and O–H groups in total. The smallest absolute Gasteiger partial charge is 0.357 e. The monoisotopic (exact) mass is 306 g/mol. The van der Waals surface area contributed by atoms with Crippen molar-refractivity contribution >= 4 is 29.2 Å². The number of hydrogen-bond donors (Lipinski definition) is 0. The number of carbonyl (C=O) groups excluding carboxylic acids is 3. The Bertz CT molecular complexity index is 685. The van der Waals surface area contributed by atoms with Crippen LogP contribution in [0.3, 0.4) is 0 Å². The molecule has 0 radical (unpaired) electrons. The summed E-state index contributed by atoms with van der Waals surface area (Å²) >= 11 is 0. The van der Waals surface area contributed by atoms with Crippen LogP contribution >= 0.6 is 0 Å². The highest BCUT2D eigenvalue weighted by atomic mass is 19.1. The molecule has 8 heteroatoms. The number of esters is 1. The highest BCUT2D eigenvalue weighted by Gasteiger charge is 2.58. The first kappa shape index (κ1) is 14.2. The van der Waals surface area contributed by atoms with Gasteiger partial charge in [-0.15, -0.1) is 0 Å². The van der Waals surface area contributed by atoms with E-state index in [0.717, 1.165) is 17.0 Å². The van der Waals surface area contributed by atoms with E-state index >= 15 is 0 Å². The summed E-state index contributed by atoms with van der Waals surface area (Å²) in [5.74, 6) is -3.71. The van der Waals surface area contributed by atoms with Gasteiger partial charge in [-0.25, -0.2) is 14.1 Å². The van der Waals surface area contributed by atoms with E-state index < -0.39 is 35.6 Å². The summed E-state index contributed by atoms with van der Waals surface area (Å²) in [4.78, 5) is 42.3. The van der Waals surface area contributed by atoms with Gasteiger partial charge in [-0.1, -0.05) is 5.16 Å². The first-order valence-corrected chi connectivity index (χ1v) is 6.58. The lowest BCUT2D eigenvalue weighted by molar-refractivity contribution is -0.136. The quantitative estimate of drug-likeness (QED) is 0.604. The Kier molecular flexibility index (Phi) is 3.36. The standard InChI is InChI=1S/C14H11FN2O5/c1-2-21-14(20)10-9-11(22-16-10)13(19)17(12(9)18)8-5-3-7(15)4-6-8/h3-6,9,11H,2H2,1H3/t9-,11-/m0/s1. The minimum Gasteiger partial charge on any atom is -0.461 e. The lowest BCUT2D eigenvalue weighted by atomic mass is 10.00. The molecule has 0 bridgehead atoms. The molecule has 0 aliphatic carbocycles. The molecule has 1 aromatic carbocycles. The molecule has 1 aromatic rings. The number of oxime groups is 1. The van der Waals surface area contributed by atoms with Gasteiger partial charge in [0.25, 0.3) is 5.91 Å². The Morgan fingerprint density at radius 2 is 2.00 bits per heavy atom. The lowest BCUT2D eigenvalue weighted by Crippen LogP contribution is -2.35. The van der Waals surface area contributed by atoms with Crippen molar-refractivity contribution in [1.82, 2.24) is 0 Å². The summed E-state index contributed by atoms with van der Waals surface area (Å²) in [5, 5.41) is 3.50. The van der Waals surface area contributed by atoms with E-state index in [1.54, 1.807) is 6.92 Å². The first-order valence-electron chi connectivity index (χ1n) is 6.58. The normalized spacial score (nSPS) is 23.2. The first-order chi connectivity index (χ1) is 10.5. The van der Waals surface area contributed by atoms with E-state index in [9.17, 15) is 18.8 Å². The Labute approximate surface area is 124 Å². The molecule has 7 nitrogen and oxygen atoms in total. The van der Waals surface area contributed by atoms with Gasteiger partial charge in [0.05, 0.1) is 12.3 Å². The van der Waals surface area contributed by atoms with Crippen molar-refractivity contribution in [3.8, 4) is 0 Å². The molecule has 2 aliphatic heterocycles. The number of imide groups is 1. The molecule has 3 rings (SSSR count). The van der Waals surface area contributed by atoms with Crippen LogP contribution in [0.25, 0.3) is 0 Å². The molecule has 0 aromatic heterocycles. The highest BCUT2D eigenvalue weighted by Crippen LogP contribution is 2.33. The zero-order valence-electron chi connectivity index (χ0n) is 11.5. The van der Waals surface area contributed by atoms with Crippen LogP contribution in [0.4, 0.5) is 10.1 Å². The number of ether oxygens (including phenoxy) is 1. The summed E-state index contributed by atoms with van der Waals surface area (Å²) in [5.41, 5.74) is -0.0209. The highest BCUT2D eigenvalue weighted by molar-refractivity contribution is 6.46. The van der Waals surface area contributed by atoms with Crippen LogP contribution < -0.4 is 4.90 Å². The van der Waals surface area contributed by atoms with Gasteiger partial charge in [-0.2, -0.15) is 0 Å². The topological polar surface area (TPSA) is 85.3 Å². The number of amides is 2. The summed E-state index contributed by atoms with van der Waals surface area (Å²) in [6.45, 7) is 1.72. The number of nitrogens with zero attached hydrogens (tertiary/aromatic N) is 2. The maximum absolute atomic E-state index is 13.0. The van der Waals surface area contributed by atoms with Crippen LogP contribution in [-0.2, 0) is 24.0 Å². The Balaban J connectivity index is 1.91. The molecule has 2 atom stereocenters. The molecule has 0 spiro atoms. The zero-order valence-corrected chi connectivity index (χ0v) is 11.5. The molecule has 22 heavy (non-hydrogen) atoms. The van der Waals surface area contributed by atoms with Crippen molar-refractivity contribution < 1.29 is 28.3 Å². The fourth-order valence-corrected chi connectivity index (χ4v) is 2.40. The van der Waals surface area contributed by atoms with E-state index in [1.807, 2.05) is 0 Å². The predicted molar refractivity (Wildman–Crippen MR) is 71.3 cm³/mol. The molecule has 1 fully saturated rings. The van der Waals surface area contributed by atoms with E-state index in [0.29, 0.717) is 0 Å². The number of carbonyl (C=O) groups is 3. The van der Waals surface area contributed by atoms with E-state index in [1.165, 1.54) is 12.1 Å². The molecular weight excluding hydrogens is 295 g/mol. The van der Waals surface area contributed by atoms with Gasteiger partial charge in [0.15, 0.2) is 5.71 Å². The average Bonchev–Trinajstić information content (AvgIpc) is 3.03. The molecular formula is C14H11FN2O5. The molecule has 1 saturated heterocycles. The van der Waals surface area contributed by atoms with Crippen LogP contribution in [0, 0.1) is 11.7 Å². The average molecular weight is 306 g/mol. The van der Waals surface area contributed by atoms with Crippen molar-refractivity contribution in [1.29, 1.82) is 0 Å². The summed E-state index contributed by atoms with van der Waals surface area (Å²) < 4.78 is 17.8. The fraction of sp³-hybridized carbons (Fsp3) is 0.286. The summed E-state index contributed by atoms with van der Waals surface area (Å²) in [6, 6.07) is 4.86. The maximum Gasteiger partial charge on any atom is 0.357 e. The molecule has 0 saturated carbocycles. The molecule has 2 aliphatic rings. The van der Waals surface area contributed by atoms with Crippen LogP contribution in [0.15, 0.2) is 29.4 Å². The Morgan fingerprint density at radius 1 is 1.32 bits per heavy atom. The van der Waals surface area contributed by atoms with Gasteiger partial charge in [0.2, 0.25) is 12.0 Å². The van der Waals surface area contributed by atoms with E-state index in [-0.39, 0.29) is 18.0 Å². The maximum atomic E-state index is 13.0. The second-order valence-electron chi connectivity index (χ2n) is 4.69. The lowest BCUT2D eigenvalue weighted by Gasteiger charge is -2.14. The predicted octanol–water partition coefficient (Wildman–Crippen LogP) is 0.633. The van der Waals surface area contributed by atoms with Gasteiger partial charge >= 0.3 is 5.97 Å². The van der Waals surface area contributed by atoms with Gasteiger partial charge in [0, 0.05) is 0 Å². The van der Waals surface area contributed by atoms with E-state index in [2.05, 4.69) is 5.16 Å². The Morgan fingerprint density at radius 3 is 2.64 bits per heavy atom.